The summed E-state index contributed by atoms with van der Waals surface area (Å²) in [6, 6.07) is 0.269. The summed E-state index contributed by atoms with van der Waals surface area (Å²) in [5, 5.41) is 12.8. The van der Waals surface area contributed by atoms with Crippen molar-refractivity contribution in [3.05, 3.63) is 33.1 Å². The average molecular weight is 241 g/mol. The molecule has 1 aromatic heterocycles. The van der Waals surface area contributed by atoms with Gasteiger partial charge in [0.05, 0.1) is 12.6 Å². The Bertz CT molecular complexity index is 476. The molecule has 0 aromatic carbocycles. The second-order valence-electron chi connectivity index (χ2n) is 4.39. The summed E-state index contributed by atoms with van der Waals surface area (Å²) < 4.78 is 2.45. The first-order chi connectivity index (χ1) is 7.91. The molecule has 1 atom stereocenters. The Labute approximate surface area is 99.5 Å². The molecule has 1 heterocycles. The van der Waals surface area contributed by atoms with Gasteiger partial charge in [0.2, 0.25) is 0 Å². The van der Waals surface area contributed by atoms with Gasteiger partial charge in [-0.25, -0.2) is 0 Å². The molecule has 0 amide bonds. The maximum atomic E-state index is 11.6. The molecule has 0 aliphatic rings. The van der Waals surface area contributed by atoms with Crippen LogP contribution in [0.2, 0.25) is 0 Å². The van der Waals surface area contributed by atoms with Gasteiger partial charge < -0.3 is 19.6 Å². The Hall–Kier alpha value is -1.40. The number of hydrogen-bond acceptors (Lipinski definition) is 4. The molecule has 6 heteroatoms. The van der Waals surface area contributed by atoms with E-state index < -0.39 is 17.2 Å². The summed E-state index contributed by atoms with van der Waals surface area (Å²) in [6.07, 6.45) is 2.32. The van der Waals surface area contributed by atoms with Crippen LogP contribution in [0.25, 0.3) is 0 Å². The van der Waals surface area contributed by atoms with Crippen LogP contribution >= 0.6 is 0 Å². The third-order valence-corrected chi connectivity index (χ3v) is 2.40. The fourth-order valence-electron chi connectivity index (χ4n) is 1.40. The molecule has 0 saturated carbocycles. The summed E-state index contributed by atoms with van der Waals surface area (Å²) >= 11 is 0. The van der Waals surface area contributed by atoms with Crippen molar-refractivity contribution in [1.82, 2.24) is 14.5 Å². The number of aromatic nitrogens is 2. The van der Waals surface area contributed by atoms with Gasteiger partial charge in [-0.3, -0.25) is 9.59 Å². The molecule has 96 valence electrons. The average Bonchev–Trinajstić information content (AvgIpc) is 2.27. The summed E-state index contributed by atoms with van der Waals surface area (Å²) in [5.74, 6) is 0. The molecule has 6 nitrogen and oxygen atoms in total. The third kappa shape index (κ3) is 3.83. The first-order valence-electron chi connectivity index (χ1n) is 5.59. The maximum absolute atomic E-state index is 11.6. The van der Waals surface area contributed by atoms with Gasteiger partial charge in [-0.1, -0.05) is 13.8 Å². The van der Waals surface area contributed by atoms with Crippen molar-refractivity contribution in [3.8, 4) is 0 Å². The Kier molecular flexibility index (Phi) is 4.65. The molecular formula is C11H19N3O3. The van der Waals surface area contributed by atoms with Gasteiger partial charge in [-0.15, -0.1) is 0 Å². The lowest BCUT2D eigenvalue weighted by molar-refractivity contribution is 0.147. The maximum Gasteiger partial charge on any atom is 0.316 e. The number of aliphatic hydroxyl groups is 1. The molecule has 2 N–H and O–H groups in total. The van der Waals surface area contributed by atoms with Crippen molar-refractivity contribution in [2.45, 2.75) is 32.5 Å². The van der Waals surface area contributed by atoms with Crippen LogP contribution in [0.4, 0.5) is 0 Å². The van der Waals surface area contributed by atoms with Crippen molar-refractivity contribution in [3.63, 3.8) is 0 Å². The second-order valence-corrected chi connectivity index (χ2v) is 4.39. The van der Waals surface area contributed by atoms with Gasteiger partial charge in [-0.05, 0) is 0 Å². The standard InChI is InChI=1S/C11H19N3O3/c1-8(2)12-6-9(15)7-14-5-4-13(3)10(16)11(14)17/h4-5,8-9,12,15H,6-7H2,1-3H3. The summed E-state index contributed by atoms with van der Waals surface area (Å²) in [4.78, 5) is 22.9. The number of nitrogens with zero attached hydrogens (tertiary/aromatic N) is 2. The lowest BCUT2D eigenvalue weighted by atomic mass is 10.3. The van der Waals surface area contributed by atoms with Gasteiger partial charge in [0.25, 0.3) is 0 Å². The second kappa shape index (κ2) is 5.79. The van der Waals surface area contributed by atoms with Crippen LogP contribution in [0.1, 0.15) is 13.8 Å². The van der Waals surface area contributed by atoms with Crippen LogP contribution in [0.5, 0.6) is 0 Å². The zero-order chi connectivity index (χ0) is 13.0. The molecule has 0 radical (unpaired) electrons. The Morgan fingerprint density at radius 3 is 2.53 bits per heavy atom. The molecule has 0 aliphatic heterocycles. The fraction of sp³-hybridized carbons (Fsp3) is 0.636. The van der Waals surface area contributed by atoms with Crippen molar-refractivity contribution in [1.29, 1.82) is 0 Å². The van der Waals surface area contributed by atoms with Crippen molar-refractivity contribution in [2.24, 2.45) is 7.05 Å². The highest BCUT2D eigenvalue weighted by Gasteiger charge is 2.09. The summed E-state index contributed by atoms with van der Waals surface area (Å²) in [6.45, 7) is 4.45. The smallest absolute Gasteiger partial charge is 0.316 e. The topological polar surface area (TPSA) is 76.3 Å². The predicted octanol–water partition coefficient (Wildman–Crippen LogP) is -1.09. The van der Waals surface area contributed by atoms with Gasteiger partial charge in [0.15, 0.2) is 0 Å². The van der Waals surface area contributed by atoms with E-state index in [1.807, 2.05) is 13.8 Å². The molecule has 1 rings (SSSR count). The van der Waals surface area contributed by atoms with E-state index in [2.05, 4.69) is 5.32 Å². The van der Waals surface area contributed by atoms with E-state index in [0.29, 0.717) is 6.54 Å². The van der Waals surface area contributed by atoms with Gasteiger partial charge in [-0.2, -0.15) is 0 Å². The SMILES string of the molecule is CC(C)NCC(O)Cn1ccn(C)c(=O)c1=O. The highest BCUT2D eigenvalue weighted by molar-refractivity contribution is 4.85. The monoisotopic (exact) mass is 241 g/mol. The third-order valence-electron chi connectivity index (χ3n) is 2.40. The van der Waals surface area contributed by atoms with Crippen LogP contribution in [-0.2, 0) is 13.6 Å². The molecule has 0 spiro atoms. The minimum absolute atomic E-state index is 0.120. The van der Waals surface area contributed by atoms with Gasteiger partial charge in [0, 0.05) is 32.0 Å². The Morgan fingerprint density at radius 2 is 1.94 bits per heavy atom. The van der Waals surface area contributed by atoms with Crippen molar-refractivity contribution < 1.29 is 5.11 Å². The molecule has 0 bridgehead atoms. The molecular weight excluding hydrogens is 222 g/mol. The zero-order valence-electron chi connectivity index (χ0n) is 10.4. The quantitative estimate of drug-likeness (QED) is 0.642. The highest BCUT2D eigenvalue weighted by Crippen LogP contribution is 1.88. The van der Waals surface area contributed by atoms with E-state index in [1.165, 1.54) is 28.6 Å². The minimum Gasteiger partial charge on any atom is -0.390 e. The van der Waals surface area contributed by atoms with Crippen molar-refractivity contribution >= 4 is 0 Å². The van der Waals surface area contributed by atoms with Crippen LogP contribution < -0.4 is 16.4 Å². The first-order valence-corrected chi connectivity index (χ1v) is 5.59. The predicted molar refractivity (Wildman–Crippen MR) is 65.1 cm³/mol. The van der Waals surface area contributed by atoms with E-state index >= 15 is 0 Å². The number of aryl methyl sites for hydroxylation is 1. The molecule has 17 heavy (non-hydrogen) atoms. The van der Waals surface area contributed by atoms with Gasteiger partial charge in [0.1, 0.15) is 0 Å². The molecule has 0 fully saturated rings. The first kappa shape index (κ1) is 13.7. The minimum atomic E-state index is -0.692. The molecule has 0 saturated heterocycles. The highest BCUT2D eigenvalue weighted by atomic mass is 16.3. The van der Waals surface area contributed by atoms with E-state index in [9.17, 15) is 14.7 Å². The van der Waals surface area contributed by atoms with Crippen molar-refractivity contribution in [2.75, 3.05) is 6.54 Å². The zero-order valence-corrected chi connectivity index (χ0v) is 10.4. The Morgan fingerprint density at radius 1 is 1.29 bits per heavy atom. The number of aliphatic hydroxyl groups excluding tert-OH is 1. The number of rotatable bonds is 5. The van der Waals surface area contributed by atoms with Crippen LogP contribution in [-0.4, -0.2) is 32.9 Å². The van der Waals surface area contributed by atoms with E-state index in [-0.39, 0.29) is 12.6 Å². The van der Waals surface area contributed by atoms with E-state index in [1.54, 1.807) is 0 Å². The summed E-state index contributed by atoms with van der Waals surface area (Å²) in [5.41, 5.74) is -1.20. The van der Waals surface area contributed by atoms with Crippen LogP contribution in [0, 0.1) is 0 Å². The lowest BCUT2D eigenvalue weighted by Crippen LogP contribution is -2.43. The molecule has 1 aromatic rings. The lowest BCUT2D eigenvalue weighted by Gasteiger charge is -2.15. The fourth-order valence-corrected chi connectivity index (χ4v) is 1.40. The van der Waals surface area contributed by atoms with Crippen LogP contribution in [0.15, 0.2) is 22.0 Å². The number of hydrogen-bond donors (Lipinski definition) is 2. The van der Waals surface area contributed by atoms with E-state index in [4.69, 9.17) is 0 Å². The van der Waals surface area contributed by atoms with Gasteiger partial charge >= 0.3 is 11.1 Å². The summed E-state index contributed by atoms with van der Waals surface area (Å²) in [7, 11) is 1.52. The largest absolute Gasteiger partial charge is 0.390 e. The van der Waals surface area contributed by atoms with Crippen LogP contribution in [0.3, 0.4) is 0 Å². The normalized spacial score (nSPS) is 13.0. The Balaban J connectivity index is 2.73. The number of nitrogens with one attached hydrogen (secondary N) is 1. The molecule has 0 aliphatic carbocycles. The van der Waals surface area contributed by atoms with E-state index in [0.717, 1.165) is 0 Å². The molecule has 1 unspecified atom stereocenters.